The molecule has 0 aromatic heterocycles. The Balaban J connectivity index is 2.10. The summed E-state index contributed by atoms with van der Waals surface area (Å²) in [4.78, 5) is 0. The number of hydrogen-bond acceptors (Lipinski definition) is 8. The smallest absolute Gasteiger partial charge is 0.186 e. The summed E-state index contributed by atoms with van der Waals surface area (Å²) in [5.74, 6) is 0. The van der Waals surface area contributed by atoms with E-state index in [1.54, 1.807) is 6.08 Å². The fourth-order valence-electron chi connectivity index (χ4n) is 3.81. The molecule has 1 fully saturated rings. The molecule has 0 aliphatic carbocycles. The van der Waals surface area contributed by atoms with Crippen LogP contribution in [0.5, 0.6) is 0 Å². The molecule has 1 aliphatic rings. The molecule has 0 radical (unpaired) electrons. The highest BCUT2D eigenvalue weighted by atomic mass is 16.7. The minimum absolute atomic E-state index is 0.118. The van der Waals surface area contributed by atoms with Gasteiger partial charge in [-0.2, -0.15) is 0 Å². The molecule has 1 aliphatic heterocycles. The van der Waals surface area contributed by atoms with Crippen molar-refractivity contribution in [3.63, 3.8) is 0 Å². The number of nitrogens with two attached hydrogens (primary N) is 1. The topological polar surface area (TPSA) is 146 Å². The van der Waals surface area contributed by atoms with Gasteiger partial charge in [0.1, 0.15) is 24.4 Å². The van der Waals surface area contributed by atoms with Crippen molar-refractivity contribution in [1.29, 1.82) is 0 Å². The van der Waals surface area contributed by atoms with Gasteiger partial charge in [0.15, 0.2) is 6.29 Å². The molecular weight excluding hydrogens is 414 g/mol. The van der Waals surface area contributed by atoms with Crippen LogP contribution in [0.3, 0.4) is 0 Å². The van der Waals surface area contributed by atoms with E-state index >= 15 is 0 Å². The second-order valence-corrected chi connectivity index (χ2v) is 8.94. The molecule has 0 saturated carbocycles. The molecule has 0 aromatic carbocycles. The van der Waals surface area contributed by atoms with Gasteiger partial charge in [-0.25, -0.2) is 0 Å². The summed E-state index contributed by atoms with van der Waals surface area (Å²) < 4.78 is 10.6. The highest BCUT2D eigenvalue weighted by Crippen LogP contribution is 2.22. The lowest BCUT2D eigenvalue weighted by molar-refractivity contribution is -0.302. The highest BCUT2D eigenvalue weighted by molar-refractivity contribution is 4.94. The van der Waals surface area contributed by atoms with Gasteiger partial charge in [-0.3, -0.25) is 0 Å². The van der Waals surface area contributed by atoms with Crippen molar-refractivity contribution in [1.82, 2.24) is 0 Å². The Bertz CT molecular complexity index is 477. The molecule has 0 amide bonds. The van der Waals surface area contributed by atoms with Gasteiger partial charge in [-0.15, -0.1) is 0 Å². The lowest BCUT2D eigenvalue weighted by atomic mass is 9.99. The molecule has 7 atom stereocenters. The predicted molar refractivity (Wildman–Crippen MR) is 124 cm³/mol. The zero-order valence-corrected chi connectivity index (χ0v) is 19.7. The van der Waals surface area contributed by atoms with Gasteiger partial charge in [0.05, 0.1) is 25.4 Å². The fraction of sp³-hybridized carbons (Fsp3) is 0.917. The first-order valence-corrected chi connectivity index (χ1v) is 12.4. The van der Waals surface area contributed by atoms with Crippen LogP contribution in [0.4, 0.5) is 0 Å². The summed E-state index contributed by atoms with van der Waals surface area (Å²) in [6, 6.07) is -0.740. The Morgan fingerprint density at radius 3 is 2.00 bits per heavy atom. The fourth-order valence-corrected chi connectivity index (χ4v) is 3.81. The zero-order valence-electron chi connectivity index (χ0n) is 19.7. The maximum Gasteiger partial charge on any atom is 0.186 e. The van der Waals surface area contributed by atoms with E-state index in [0.29, 0.717) is 0 Å². The molecule has 1 saturated heterocycles. The van der Waals surface area contributed by atoms with Crippen LogP contribution in [-0.4, -0.2) is 81.6 Å². The summed E-state index contributed by atoms with van der Waals surface area (Å²) in [5, 5.41) is 48.8. The molecular formula is C24H47NO7. The predicted octanol–water partition coefficient (Wildman–Crippen LogP) is 1.75. The molecule has 7 N–H and O–H groups in total. The summed E-state index contributed by atoms with van der Waals surface area (Å²) in [5.41, 5.74) is 5.93. The third kappa shape index (κ3) is 11.5. The van der Waals surface area contributed by atoms with E-state index in [9.17, 15) is 25.5 Å². The molecule has 0 spiro atoms. The van der Waals surface area contributed by atoms with E-state index < -0.39 is 49.5 Å². The van der Waals surface area contributed by atoms with E-state index in [2.05, 4.69) is 6.92 Å². The average Bonchev–Trinajstić information content (AvgIpc) is 2.79. The quantitative estimate of drug-likeness (QED) is 0.134. The first-order chi connectivity index (χ1) is 15.4. The normalized spacial score (nSPS) is 28.3. The Morgan fingerprint density at radius 2 is 1.44 bits per heavy atom. The van der Waals surface area contributed by atoms with Gasteiger partial charge in [-0.1, -0.05) is 83.3 Å². The minimum atomic E-state index is -1.50. The largest absolute Gasteiger partial charge is 0.394 e. The van der Waals surface area contributed by atoms with Crippen molar-refractivity contribution < 1.29 is 35.0 Å². The summed E-state index contributed by atoms with van der Waals surface area (Å²) in [7, 11) is 0. The highest BCUT2D eigenvalue weighted by Gasteiger charge is 2.44. The van der Waals surface area contributed by atoms with Crippen molar-refractivity contribution >= 4 is 0 Å². The van der Waals surface area contributed by atoms with Gasteiger partial charge in [0.25, 0.3) is 0 Å². The van der Waals surface area contributed by atoms with Crippen LogP contribution in [0, 0.1) is 0 Å². The number of ether oxygens (including phenoxy) is 2. The zero-order chi connectivity index (χ0) is 23.8. The van der Waals surface area contributed by atoms with E-state index in [1.165, 1.54) is 64.2 Å². The van der Waals surface area contributed by atoms with Gasteiger partial charge < -0.3 is 40.7 Å². The third-order valence-corrected chi connectivity index (χ3v) is 6.05. The van der Waals surface area contributed by atoms with Crippen LogP contribution in [-0.2, 0) is 9.47 Å². The van der Waals surface area contributed by atoms with Gasteiger partial charge in [-0.05, 0) is 12.8 Å². The maximum absolute atomic E-state index is 10.2. The van der Waals surface area contributed by atoms with Gasteiger partial charge in [0.2, 0.25) is 0 Å². The lowest BCUT2D eigenvalue weighted by Crippen LogP contribution is -2.59. The maximum atomic E-state index is 10.2. The number of unbranched alkanes of at least 4 members (excludes halogenated alkanes) is 11. The Morgan fingerprint density at radius 1 is 0.875 bits per heavy atom. The SMILES string of the molecule is CCCCCCCCCCCCC/C=C/[C@@H](O)[C@@H](N)CO[C@@H]1O[C@H](CO)[C@@H](O)[C@@H](O)[C@H]1O. The standard InChI is InChI=1S/C24H47NO7/c1-2-3-4-5-6-7-8-9-10-11-12-13-14-15-19(27)18(25)17-31-24-23(30)22(29)21(28)20(16-26)32-24/h14-15,18-24,26-30H,2-13,16-17,25H2,1H3/b15-14+/t18-,19+,20+,21+,22+,23+,24+/m0/s1. The first kappa shape index (κ1) is 29.5. The number of rotatable bonds is 18. The molecule has 8 nitrogen and oxygen atoms in total. The van der Waals surface area contributed by atoms with Crippen LogP contribution >= 0.6 is 0 Å². The molecule has 1 heterocycles. The lowest BCUT2D eigenvalue weighted by Gasteiger charge is -2.39. The van der Waals surface area contributed by atoms with Crippen LogP contribution in [0.2, 0.25) is 0 Å². The van der Waals surface area contributed by atoms with E-state index in [-0.39, 0.29) is 6.61 Å². The monoisotopic (exact) mass is 461 g/mol. The van der Waals surface area contributed by atoms with Crippen molar-refractivity contribution in [2.45, 2.75) is 127 Å². The Kier molecular flexibility index (Phi) is 16.4. The third-order valence-electron chi connectivity index (χ3n) is 6.05. The average molecular weight is 462 g/mol. The number of allylic oxidation sites excluding steroid dienone is 1. The number of hydrogen-bond donors (Lipinski definition) is 6. The summed E-state index contributed by atoms with van der Waals surface area (Å²) in [6.07, 6.45) is 11.1. The second-order valence-electron chi connectivity index (χ2n) is 8.94. The molecule has 0 aromatic rings. The molecule has 0 bridgehead atoms. The van der Waals surface area contributed by atoms with Crippen LogP contribution < -0.4 is 5.73 Å². The van der Waals surface area contributed by atoms with Gasteiger partial charge in [0, 0.05) is 0 Å². The molecule has 8 heteroatoms. The van der Waals surface area contributed by atoms with E-state index in [4.69, 9.17) is 15.2 Å². The second kappa shape index (κ2) is 17.8. The summed E-state index contributed by atoms with van der Waals surface area (Å²) in [6.45, 7) is 1.60. The van der Waals surface area contributed by atoms with Gasteiger partial charge >= 0.3 is 0 Å². The van der Waals surface area contributed by atoms with Crippen molar-refractivity contribution in [2.75, 3.05) is 13.2 Å². The van der Waals surface area contributed by atoms with Crippen molar-refractivity contribution in [2.24, 2.45) is 5.73 Å². The van der Waals surface area contributed by atoms with E-state index in [0.717, 1.165) is 12.8 Å². The number of aliphatic hydroxyl groups excluding tert-OH is 5. The first-order valence-electron chi connectivity index (χ1n) is 12.4. The van der Waals surface area contributed by atoms with Crippen LogP contribution in [0.25, 0.3) is 0 Å². The molecule has 0 unspecified atom stereocenters. The van der Waals surface area contributed by atoms with Crippen LogP contribution in [0.1, 0.15) is 84.0 Å². The molecule has 32 heavy (non-hydrogen) atoms. The number of aliphatic hydroxyl groups is 5. The Hall–Kier alpha value is -0.580. The molecule has 1 rings (SSSR count). The van der Waals surface area contributed by atoms with Crippen molar-refractivity contribution in [3.8, 4) is 0 Å². The Labute approximate surface area is 193 Å². The summed E-state index contributed by atoms with van der Waals surface area (Å²) >= 11 is 0. The molecule has 190 valence electrons. The van der Waals surface area contributed by atoms with Crippen molar-refractivity contribution in [3.05, 3.63) is 12.2 Å². The minimum Gasteiger partial charge on any atom is -0.394 e. The van der Waals surface area contributed by atoms with E-state index in [1.807, 2.05) is 6.08 Å². The van der Waals surface area contributed by atoms with Crippen LogP contribution in [0.15, 0.2) is 12.2 Å².